The summed E-state index contributed by atoms with van der Waals surface area (Å²) in [4.78, 5) is 256. The molecule has 112 heavy (non-hydrogen) atoms. The van der Waals surface area contributed by atoms with Gasteiger partial charge in [0.25, 0.3) is 29.5 Å². The maximum atomic E-state index is 15.2. The Hall–Kier alpha value is -9.74. The number of nitrogens with two attached hydrogens (primary N) is 9. The first-order valence-corrected chi connectivity index (χ1v) is 36.6. The number of ketones is 6. The van der Waals surface area contributed by atoms with Gasteiger partial charge in [-0.1, -0.05) is 52.3 Å². The number of carbonyl (C=O) groups excluding carboxylic acids is 18. The number of para-hydroxylation sites is 1. The summed E-state index contributed by atoms with van der Waals surface area (Å²) in [5, 5.41) is 36.5. The molecular weight excluding hydrogens is 1470 g/mol. The summed E-state index contributed by atoms with van der Waals surface area (Å²) in [5.74, 6) is -21.4. The predicted octanol–water partition coefficient (Wildman–Crippen LogP) is -11.2. The lowest BCUT2D eigenvalue weighted by atomic mass is 9.92. The first kappa shape index (κ1) is 98.3. The molecule has 0 radical (unpaired) electrons. The van der Waals surface area contributed by atoms with E-state index in [2.05, 4.69) is 84.7 Å². The van der Waals surface area contributed by atoms with Crippen molar-refractivity contribution in [3.63, 3.8) is 0 Å². The van der Waals surface area contributed by atoms with E-state index >= 15 is 19.2 Å². The van der Waals surface area contributed by atoms with Crippen LogP contribution in [0.5, 0.6) is 0 Å². The van der Waals surface area contributed by atoms with Crippen molar-refractivity contribution in [1.82, 2.24) is 84.7 Å². The van der Waals surface area contributed by atoms with E-state index in [-0.39, 0.29) is 64.0 Å². The molecule has 0 aliphatic heterocycles. The summed E-state index contributed by atoms with van der Waals surface area (Å²) in [6.45, 7) is 10.5. The van der Waals surface area contributed by atoms with E-state index in [0.29, 0.717) is 29.0 Å². The van der Waals surface area contributed by atoms with Crippen LogP contribution >= 0.6 is 0 Å². The molecule has 1 aromatic carbocycles. The van der Waals surface area contributed by atoms with Crippen molar-refractivity contribution in [3.8, 4) is 0 Å². The predicted molar refractivity (Wildman–Crippen MR) is 408 cm³/mol. The van der Waals surface area contributed by atoms with Crippen LogP contribution in [0.2, 0.25) is 0 Å². The van der Waals surface area contributed by atoms with Crippen molar-refractivity contribution >= 4 is 117 Å². The topological polar surface area (TPSA) is 738 Å². The van der Waals surface area contributed by atoms with E-state index in [1.807, 2.05) is 0 Å². The highest BCUT2D eigenvalue weighted by Gasteiger charge is 2.44. The van der Waals surface area contributed by atoms with Gasteiger partial charge in [0.15, 0.2) is 71.2 Å². The smallest absolute Gasteiger partial charge is 0.258 e. The second-order valence-electron chi connectivity index (χ2n) is 27.5. The van der Waals surface area contributed by atoms with Gasteiger partial charge in [-0.2, -0.15) is 0 Å². The Balaban J connectivity index is 3.00. The summed E-state index contributed by atoms with van der Waals surface area (Å²) in [6.07, 6.45) is -7.20. The van der Waals surface area contributed by atoms with Gasteiger partial charge in [0.1, 0.15) is 37.2 Å². The van der Waals surface area contributed by atoms with Gasteiger partial charge in [0.05, 0.1) is 48.3 Å². The summed E-state index contributed by atoms with van der Waals surface area (Å²) < 4.78 is 0. The SMILES string of the molecule is CC[C@H](C)C(N)C(=O)C(NC(=O)C(NC(=O)C(NC(C)=O)C(=O)[C@@H](N)CCCNC(N)N)N[C@H](C=O)Cc1c[nH]c2ccccc12)C(=O)NC(CC(=O)[C@H](C)NC)C(=O)NC(C(=O)NC(CC(=O)[C@H](C)NC)C(=O)NC(N[C@H](C=O)CC(C)C)C(=O)NC(C(=O)NC)C(=O)[C@@H](N)CCCNC(N)N)C(=O)[C@@H](N)CCC(N)=O. The van der Waals surface area contributed by atoms with Crippen LogP contribution in [0.25, 0.3) is 10.9 Å². The minimum atomic E-state index is -2.68. The van der Waals surface area contributed by atoms with Crippen LogP contribution in [-0.4, -0.2) is 255 Å². The van der Waals surface area contributed by atoms with Crippen LogP contribution in [0.15, 0.2) is 30.5 Å². The molecule has 2 aromatic rings. The van der Waals surface area contributed by atoms with Gasteiger partial charge in [-0.15, -0.1) is 0 Å². The van der Waals surface area contributed by atoms with Crippen LogP contribution in [0, 0.1) is 11.8 Å². The molecule has 0 saturated carbocycles. The number of Topliss-reactive ketones (excluding diaryl/α,β-unsaturated/α-hetero) is 6. The third kappa shape index (κ3) is 32.9. The first-order valence-electron chi connectivity index (χ1n) is 36.6. The highest BCUT2D eigenvalue weighted by molar-refractivity contribution is 6.15. The molecule has 34 N–H and O–H groups in total. The molecular formula is C69H117N25O18. The average Bonchev–Trinajstić information content (AvgIpc) is 1.38. The highest BCUT2D eigenvalue weighted by atomic mass is 16.2. The van der Waals surface area contributed by atoms with Crippen molar-refractivity contribution in [2.75, 3.05) is 34.2 Å². The molecule has 2 rings (SSSR count). The second kappa shape index (κ2) is 49.6. The van der Waals surface area contributed by atoms with Crippen molar-refractivity contribution in [2.24, 2.45) is 63.4 Å². The van der Waals surface area contributed by atoms with E-state index in [9.17, 15) is 67.1 Å². The van der Waals surface area contributed by atoms with Gasteiger partial charge in [-0.3, -0.25) is 98.0 Å². The molecule has 1 heterocycles. The molecule has 10 amide bonds. The lowest BCUT2D eigenvalue weighted by Gasteiger charge is -2.30. The first-order chi connectivity index (χ1) is 52.6. The maximum absolute atomic E-state index is 15.2. The molecule has 0 bridgehead atoms. The van der Waals surface area contributed by atoms with E-state index in [1.165, 1.54) is 34.9 Å². The van der Waals surface area contributed by atoms with Crippen LogP contribution in [0.4, 0.5) is 0 Å². The lowest BCUT2D eigenvalue weighted by molar-refractivity contribution is -0.141. The Morgan fingerprint density at radius 3 is 1.33 bits per heavy atom. The Kier molecular flexibility index (Phi) is 43.5. The summed E-state index contributed by atoms with van der Waals surface area (Å²) in [6, 6.07) is -18.6. The standard InChI is InChI=1S/C69H117N25O18/c1-11-32(4)49(74)57(104)53(92-67(112)59(87-38(30-96)25-36-28-84-43-19-13-12-16-39(36)43)94-65(110)51(85-35(7)97)55(102)41(71)18-15-23-83-69(77)78)64(109)88-44(26-46(98)33(5)79-8)60(105)90-52(56(103)42(72)20-21-48(73)100)63(108)89-45(27-47(99)34(6)80-9)61(106)93-58(86-37(29-95)24-31(2)3)66(111)91-50(62(107)81-10)54(101)40(70)17-14-22-82-68(75)76/h12-13,16,19,28-34,37-38,40-42,44-45,49-53,58-59,68-69,79-80,82-84,86-87H,11,14-15,17-18,20-27,70-72,74-78H2,1-10H3,(H2,73,100)(H,81,107)(H,85,97)(H,88,109)(H,89,108)(H,90,105)(H,91,111)(H,92,112)(H,93,106)(H,94,110)/t32-,33-,34-,37-,38-,40-,41-,42-,44?,45?,49?,50?,51?,52?,53?,58?,59?/m0/s1. The molecule has 17 atom stereocenters. The zero-order valence-corrected chi connectivity index (χ0v) is 64.8. The number of nitrogens with one attached hydrogen (secondary N) is 16. The van der Waals surface area contributed by atoms with Gasteiger partial charge in [0.2, 0.25) is 29.5 Å². The zero-order chi connectivity index (χ0) is 85.0. The van der Waals surface area contributed by atoms with Crippen LogP contribution in [-0.2, 0) is 92.7 Å². The van der Waals surface area contributed by atoms with Crippen LogP contribution in [0.3, 0.4) is 0 Å². The Bertz CT molecular complexity index is 3580. The Morgan fingerprint density at radius 1 is 0.491 bits per heavy atom. The molecule has 0 aliphatic rings. The molecule has 0 aliphatic carbocycles. The fraction of sp³-hybridized carbons (Fsp3) is 0.623. The van der Waals surface area contributed by atoms with Crippen molar-refractivity contribution in [2.45, 2.75) is 229 Å². The average molecular weight is 1580 g/mol. The monoisotopic (exact) mass is 1580 g/mol. The molecule has 626 valence electrons. The number of aromatic amines is 1. The highest BCUT2D eigenvalue weighted by Crippen LogP contribution is 2.20. The van der Waals surface area contributed by atoms with Gasteiger partial charge in [-0.05, 0) is 109 Å². The van der Waals surface area contributed by atoms with Crippen molar-refractivity contribution < 1.29 is 86.3 Å². The summed E-state index contributed by atoms with van der Waals surface area (Å²) in [5.41, 5.74) is 53.8. The number of aromatic nitrogens is 1. The number of amides is 10. The van der Waals surface area contributed by atoms with Gasteiger partial charge >= 0.3 is 0 Å². The van der Waals surface area contributed by atoms with Crippen molar-refractivity contribution in [1.29, 1.82) is 0 Å². The maximum Gasteiger partial charge on any atom is 0.258 e. The van der Waals surface area contributed by atoms with E-state index in [0.717, 1.165) is 14.0 Å². The normalized spacial score (nSPS) is 16.0. The third-order valence-electron chi connectivity index (χ3n) is 18.1. The molecule has 0 spiro atoms. The quantitative estimate of drug-likeness (QED) is 0.0127. The van der Waals surface area contributed by atoms with Crippen molar-refractivity contribution in [3.05, 3.63) is 36.0 Å². The minimum Gasteiger partial charge on any atom is -0.370 e. The summed E-state index contributed by atoms with van der Waals surface area (Å²) in [7, 11) is 3.82. The zero-order valence-electron chi connectivity index (χ0n) is 64.8. The molecule has 0 fully saturated rings. The molecule has 1 aromatic heterocycles. The van der Waals surface area contributed by atoms with Gasteiger partial charge in [0, 0.05) is 50.3 Å². The van der Waals surface area contributed by atoms with Gasteiger partial charge in [-0.25, -0.2) is 0 Å². The number of hydrogen-bond acceptors (Lipinski definition) is 32. The number of rotatable bonds is 57. The van der Waals surface area contributed by atoms with E-state index < -0.39 is 235 Å². The second-order valence-corrected chi connectivity index (χ2v) is 27.5. The number of likely N-dealkylation sites (N-methyl/N-ethyl adjacent to an activating group) is 3. The largest absolute Gasteiger partial charge is 0.370 e. The number of primary amides is 1. The van der Waals surface area contributed by atoms with E-state index in [4.69, 9.17) is 51.6 Å². The number of hydrogen-bond donors (Lipinski definition) is 25. The van der Waals surface area contributed by atoms with Crippen LogP contribution < -0.4 is 131 Å². The Labute approximate surface area is 648 Å². The molecule has 43 heteroatoms. The third-order valence-corrected chi connectivity index (χ3v) is 18.1. The number of benzene rings is 1. The molecule has 9 unspecified atom stereocenters. The fourth-order valence-electron chi connectivity index (χ4n) is 11.0. The number of fused-ring (bicyclic) bond motifs is 1. The van der Waals surface area contributed by atoms with Crippen LogP contribution in [0.1, 0.15) is 118 Å². The lowest BCUT2D eigenvalue weighted by Crippen LogP contribution is -2.67. The fourth-order valence-corrected chi connectivity index (χ4v) is 11.0. The Morgan fingerprint density at radius 2 is 0.902 bits per heavy atom. The molecule has 0 saturated heterocycles. The minimum absolute atomic E-state index is 0.00747. The molecule has 43 nitrogen and oxygen atoms in total. The summed E-state index contributed by atoms with van der Waals surface area (Å²) >= 11 is 0. The number of aldehydes is 2. The number of carbonyl (C=O) groups is 18. The van der Waals surface area contributed by atoms with Gasteiger partial charge < -0.3 is 125 Å². The van der Waals surface area contributed by atoms with E-state index in [1.54, 1.807) is 51.2 Å². The number of H-pyrrole nitrogens is 1.